The van der Waals surface area contributed by atoms with E-state index in [1.165, 1.54) is 5.56 Å². The quantitative estimate of drug-likeness (QED) is 0.909. The molecule has 1 heterocycles. The van der Waals surface area contributed by atoms with Gasteiger partial charge in [-0.1, -0.05) is 17.7 Å². The van der Waals surface area contributed by atoms with Gasteiger partial charge in [0.2, 0.25) is 0 Å². The highest BCUT2D eigenvalue weighted by atomic mass is 16.6. The van der Waals surface area contributed by atoms with Crippen LogP contribution in [0.25, 0.3) is 0 Å². The fourth-order valence-electron chi connectivity index (χ4n) is 2.81. The van der Waals surface area contributed by atoms with Crippen molar-refractivity contribution in [2.45, 2.75) is 58.7 Å². The van der Waals surface area contributed by atoms with E-state index < -0.39 is 5.60 Å². The highest BCUT2D eigenvalue weighted by Gasteiger charge is 2.31. The molecule has 5 nitrogen and oxygen atoms in total. The molecule has 0 saturated carbocycles. The van der Waals surface area contributed by atoms with Crippen molar-refractivity contribution in [2.24, 2.45) is 0 Å². The van der Waals surface area contributed by atoms with E-state index in [0.29, 0.717) is 19.8 Å². The second-order valence-electron chi connectivity index (χ2n) is 7.55. The van der Waals surface area contributed by atoms with Crippen LogP contribution in [-0.2, 0) is 9.47 Å². The van der Waals surface area contributed by atoms with Crippen molar-refractivity contribution in [3.63, 3.8) is 0 Å². The summed E-state index contributed by atoms with van der Waals surface area (Å²) in [6, 6.07) is 8.59. The molecule has 134 valence electrons. The first-order chi connectivity index (χ1) is 11.2. The number of anilines is 1. The van der Waals surface area contributed by atoms with Gasteiger partial charge < -0.3 is 19.7 Å². The van der Waals surface area contributed by atoms with Gasteiger partial charge in [-0.15, -0.1) is 0 Å². The first-order valence-corrected chi connectivity index (χ1v) is 8.65. The molecule has 2 rings (SSSR count). The lowest BCUT2D eigenvalue weighted by molar-refractivity contribution is -0.0345. The van der Waals surface area contributed by atoms with E-state index in [0.717, 1.165) is 12.1 Å². The molecule has 0 spiro atoms. The molecule has 1 fully saturated rings. The summed E-state index contributed by atoms with van der Waals surface area (Å²) < 4.78 is 11.1. The average Bonchev–Trinajstić information content (AvgIpc) is 2.48. The van der Waals surface area contributed by atoms with Gasteiger partial charge in [-0.25, -0.2) is 4.79 Å². The van der Waals surface area contributed by atoms with E-state index >= 15 is 0 Å². The van der Waals surface area contributed by atoms with Crippen molar-refractivity contribution in [2.75, 3.05) is 25.1 Å². The Bertz CT molecular complexity index is 537. The summed E-state index contributed by atoms with van der Waals surface area (Å²) >= 11 is 0. The minimum Gasteiger partial charge on any atom is -0.444 e. The summed E-state index contributed by atoms with van der Waals surface area (Å²) in [5, 5.41) is 3.49. The average molecular weight is 334 g/mol. The maximum Gasteiger partial charge on any atom is 0.410 e. The molecular weight excluding hydrogens is 304 g/mol. The van der Waals surface area contributed by atoms with E-state index in [1.807, 2.05) is 25.7 Å². The monoisotopic (exact) mass is 334 g/mol. The third-order valence-electron chi connectivity index (χ3n) is 3.95. The lowest BCUT2D eigenvalue weighted by Crippen LogP contribution is -2.51. The van der Waals surface area contributed by atoms with Gasteiger partial charge in [-0.3, -0.25) is 0 Å². The zero-order valence-corrected chi connectivity index (χ0v) is 15.5. The Morgan fingerprint density at radius 3 is 2.67 bits per heavy atom. The minimum absolute atomic E-state index is 0.0292. The number of benzene rings is 1. The Labute approximate surface area is 145 Å². The SMILES string of the molecule is Cc1ccc(NC(C)CC2COCCN2C(=O)OC(C)(C)C)cc1. The van der Waals surface area contributed by atoms with Gasteiger partial charge in [-0.05, 0) is 53.2 Å². The van der Waals surface area contributed by atoms with Crippen molar-refractivity contribution in [3.05, 3.63) is 29.8 Å². The molecule has 1 aliphatic heterocycles. The number of hydrogen-bond donors (Lipinski definition) is 1. The summed E-state index contributed by atoms with van der Waals surface area (Å²) in [5.74, 6) is 0. The molecule has 0 aromatic heterocycles. The first kappa shape index (κ1) is 18.6. The summed E-state index contributed by atoms with van der Waals surface area (Å²) in [6.45, 7) is 11.6. The largest absolute Gasteiger partial charge is 0.444 e. The van der Waals surface area contributed by atoms with Crippen LogP contribution in [0.2, 0.25) is 0 Å². The fourth-order valence-corrected chi connectivity index (χ4v) is 2.81. The van der Waals surface area contributed by atoms with Gasteiger partial charge in [0, 0.05) is 18.3 Å². The zero-order chi connectivity index (χ0) is 17.7. The van der Waals surface area contributed by atoms with Gasteiger partial charge in [0.05, 0.1) is 19.3 Å². The Morgan fingerprint density at radius 1 is 1.38 bits per heavy atom. The van der Waals surface area contributed by atoms with Crippen molar-refractivity contribution < 1.29 is 14.3 Å². The van der Waals surface area contributed by atoms with Gasteiger partial charge in [0.1, 0.15) is 5.60 Å². The summed E-state index contributed by atoms with van der Waals surface area (Å²) in [7, 11) is 0. The Morgan fingerprint density at radius 2 is 2.04 bits per heavy atom. The molecule has 1 N–H and O–H groups in total. The number of morpholine rings is 1. The van der Waals surface area contributed by atoms with E-state index in [-0.39, 0.29) is 18.2 Å². The van der Waals surface area contributed by atoms with Gasteiger partial charge in [-0.2, -0.15) is 0 Å². The molecule has 2 atom stereocenters. The summed E-state index contributed by atoms with van der Waals surface area (Å²) in [5.41, 5.74) is 1.85. The highest BCUT2D eigenvalue weighted by molar-refractivity contribution is 5.68. The number of rotatable bonds is 4. The molecule has 5 heteroatoms. The number of aryl methyl sites for hydroxylation is 1. The zero-order valence-electron chi connectivity index (χ0n) is 15.5. The van der Waals surface area contributed by atoms with Crippen LogP contribution in [0, 0.1) is 6.92 Å². The number of nitrogens with zero attached hydrogens (tertiary/aromatic N) is 1. The van der Waals surface area contributed by atoms with E-state index in [4.69, 9.17) is 9.47 Å². The van der Waals surface area contributed by atoms with Crippen LogP contribution in [0.3, 0.4) is 0 Å². The van der Waals surface area contributed by atoms with E-state index in [9.17, 15) is 4.79 Å². The predicted octanol–water partition coefficient (Wildman–Crippen LogP) is 3.82. The highest BCUT2D eigenvalue weighted by Crippen LogP contribution is 2.19. The Hall–Kier alpha value is -1.75. The number of carbonyl (C=O) groups excluding carboxylic acids is 1. The standard InChI is InChI=1S/C19H30N2O3/c1-14-6-8-16(9-7-14)20-15(2)12-17-13-23-11-10-21(17)18(22)24-19(3,4)5/h6-9,15,17,20H,10-13H2,1-5H3. The van der Waals surface area contributed by atoms with Gasteiger partial charge in [0.15, 0.2) is 0 Å². The minimum atomic E-state index is -0.480. The number of amides is 1. The molecule has 0 bridgehead atoms. The van der Waals surface area contributed by atoms with Gasteiger partial charge in [0.25, 0.3) is 0 Å². The fraction of sp³-hybridized carbons (Fsp3) is 0.632. The first-order valence-electron chi connectivity index (χ1n) is 8.65. The van der Waals surface area contributed by atoms with Crippen molar-refractivity contribution in [1.82, 2.24) is 4.90 Å². The molecule has 0 radical (unpaired) electrons. The Balaban J connectivity index is 1.94. The smallest absolute Gasteiger partial charge is 0.410 e. The van der Waals surface area contributed by atoms with Crippen LogP contribution >= 0.6 is 0 Å². The van der Waals surface area contributed by atoms with Crippen LogP contribution in [0.4, 0.5) is 10.5 Å². The van der Waals surface area contributed by atoms with Crippen LogP contribution in [0.1, 0.15) is 39.7 Å². The molecule has 2 unspecified atom stereocenters. The van der Waals surface area contributed by atoms with Crippen molar-refractivity contribution in [3.8, 4) is 0 Å². The van der Waals surface area contributed by atoms with E-state index in [2.05, 4.69) is 43.4 Å². The van der Waals surface area contributed by atoms with Crippen molar-refractivity contribution >= 4 is 11.8 Å². The molecule has 1 aromatic carbocycles. The lowest BCUT2D eigenvalue weighted by atomic mass is 10.1. The van der Waals surface area contributed by atoms with Crippen LogP contribution in [0.5, 0.6) is 0 Å². The molecule has 0 aliphatic carbocycles. The third-order valence-corrected chi connectivity index (χ3v) is 3.95. The van der Waals surface area contributed by atoms with Crippen LogP contribution in [-0.4, -0.2) is 48.4 Å². The number of ether oxygens (including phenoxy) is 2. The number of carbonyl (C=O) groups is 1. The molecular formula is C19H30N2O3. The molecule has 1 aliphatic rings. The predicted molar refractivity (Wildman–Crippen MR) is 96.4 cm³/mol. The lowest BCUT2D eigenvalue weighted by Gasteiger charge is -2.37. The summed E-state index contributed by atoms with van der Waals surface area (Å²) in [4.78, 5) is 14.2. The third kappa shape index (κ3) is 5.71. The number of nitrogens with one attached hydrogen (secondary N) is 1. The molecule has 1 amide bonds. The summed E-state index contributed by atoms with van der Waals surface area (Å²) in [6.07, 6.45) is 0.561. The van der Waals surface area contributed by atoms with E-state index in [1.54, 1.807) is 0 Å². The van der Waals surface area contributed by atoms with Crippen LogP contribution in [0.15, 0.2) is 24.3 Å². The molecule has 24 heavy (non-hydrogen) atoms. The second-order valence-corrected chi connectivity index (χ2v) is 7.55. The van der Waals surface area contributed by atoms with Crippen molar-refractivity contribution in [1.29, 1.82) is 0 Å². The second kappa shape index (κ2) is 7.88. The number of hydrogen-bond acceptors (Lipinski definition) is 4. The maximum absolute atomic E-state index is 12.4. The molecule has 1 saturated heterocycles. The molecule has 1 aromatic rings. The van der Waals surface area contributed by atoms with Crippen LogP contribution < -0.4 is 5.32 Å². The topological polar surface area (TPSA) is 50.8 Å². The maximum atomic E-state index is 12.4. The Kier molecular flexibility index (Phi) is 6.10. The normalized spacial score (nSPS) is 19.7. The van der Waals surface area contributed by atoms with Gasteiger partial charge >= 0.3 is 6.09 Å².